The maximum atomic E-state index is 9.45. The lowest BCUT2D eigenvalue weighted by Crippen LogP contribution is -2.60. The van der Waals surface area contributed by atoms with Crippen LogP contribution in [0.25, 0.3) is 10.4 Å². The molecule has 0 bridgehead atoms. The van der Waals surface area contributed by atoms with E-state index in [1.165, 1.54) is 44.9 Å². The van der Waals surface area contributed by atoms with Gasteiger partial charge in [-0.3, -0.25) is 0 Å². The van der Waals surface area contributed by atoms with E-state index >= 15 is 0 Å². The van der Waals surface area contributed by atoms with Crippen LogP contribution in [0.3, 0.4) is 0 Å². The molecule has 0 radical (unpaired) electrons. The van der Waals surface area contributed by atoms with Crippen molar-refractivity contribution < 1.29 is 9.84 Å². The van der Waals surface area contributed by atoms with Gasteiger partial charge in [-0.05, 0) is 121 Å². The minimum absolute atomic E-state index is 0.321. The Morgan fingerprint density at radius 2 is 1.88 bits per heavy atom. The topological polar surface area (TPSA) is 78.2 Å². The number of hydrogen-bond acceptors (Lipinski definition) is 3. The van der Waals surface area contributed by atoms with Crippen LogP contribution >= 0.6 is 0 Å². The van der Waals surface area contributed by atoms with Crippen molar-refractivity contribution in [1.29, 1.82) is 0 Å². The summed E-state index contributed by atoms with van der Waals surface area (Å²) < 4.78 is 6.76. The molecule has 11 atom stereocenters. The summed E-state index contributed by atoms with van der Waals surface area (Å²) >= 11 is 0. The van der Waals surface area contributed by atoms with Gasteiger partial charge in [-0.1, -0.05) is 46.2 Å². The molecule has 5 heteroatoms. The number of rotatable bonds is 9. The zero-order chi connectivity index (χ0) is 24.5. The summed E-state index contributed by atoms with van der Waals surface area (Å²) in [5, 5.41) is 13.2. The number of hydrogen-bond donors (Lipinski definition) is 1. The Balaban J connectivity index is 1.61. The van der Waals surface area contributed by atoms with E-state index in [-0.39, 0.29) is 0 Å². The zero-order valence-electron chi connectivity index (χ0n) is 22.6. The van der Waals surface area contributed by atoms with E-state index in [0.717, 1.165) is 61.4 Å². The number of ether oxygens (including phenoxy) is 1. The summed E-state index contributed by atoms with van der Waals surface area (Å²) in [6, 6.07) is 0. The molecule has 5 nitrogen and oxygen atoms in total. The molecule has 194 valence electrons. The van der Waals surface area contributed by atoms with Gasteiger partial charge in [-0.15, -0.1) is 0 Å². The van der Waals surface area contributed by atoms with E-state index in [1.807, 2.05) is 0 Å². The average molecular weight is 474 g/mol. The molecule has 0 aromatic carbocycles. The van der Waals surface area contributed by atoms with Crippen molar-refractivity contribution >= 4 is 0 Å². The van der Waals surface area contributed by atoms with E-state index in [1.54, 1.807) is 0 Å². The molecule has 0 aromatic rings. The predicted molar refractivity (Wildman–Crippen MR) is 138 cm³/mol. The van der Waals surface area contributed by atoms with Gasteiger partial charge in [0, 0.05) is 24.7 Å². The van der Waals surface area contributed by atoms with Crippen molar-refractivity contribution in [2.24, 2.45) is 63.3 Å². The standard InChI is InChI=1S/C29H51N3O2/c1-19-11-12-28(4)22(16-19)18-26(34-15-7-13-31-32-30)27-24-10-9-23(20(2)8-6-14-33)29(24,5)21(3)17-25(27)28/h19-27,33H,6-18H2,1-5H3. The molecule has 4 rings (SSSR count). The van der Waals surface area contributed by atoms with Crippen LogP contribution in [0.15, 0.2) is 5.11 Å². The average Bonchev–Trinajstić information content (AvgIpc) is 3.17. The first-order chi connectivity index (χ1) is 16.3. The molecular weight excluding hydrogens is 422 g/mol. The molecule has 0 spiro atoms. The Morgan fingerprint density at radius 1 is 1.09 bits per heavy atom. The molecular formula is C29H51N3O2. The monoisotopic (exact) mass is 473 g/mol. The molecule has 4 fully saturated rings. The molecule has 11 unspecified atom stereocenters. The van der Waals surface area contributed by atoms with Gasteiger partial charge in [0.25, 0.3) is 0 Å². The van der Waals surface area contributed by atoms with Crippen LogP contribution in [0.1, 0.15) is 98.8 Å². The van der Waals surface area contributed by atoms with E-state index in [2.05, 4.69) is 44.6 Å². The Morgan fingerprint density at radius 3 is 2.62 bits per heavy atom. The van der Waals surface area contributed by atoms with Gasteiger partial charge >= 0.3 is 0 Å². The second-order valence-corrected chi connectivity index (χ2v) is 13.4. The number of fused-ring (bicyclic) bond motifs is 5. The highest BCUT2D eigenvalue weighted by Gasteiger charge is 2.65. The van der Waals surface area contributed by atoms with Crippen molar-refractivity contribution in [3.63, 3.8) is 0 Å². The third-order valence-corrected chi connectivity index (χ3v) is 11.9. The first-order valence-electron chi connectivity index (χ1n) is 14.5. The molecule has 0 amide bonds. The lowest BCUT2D eigenvalue weighted by molar-refractivity contribution is -0.198. The van der Waals surface area contributed by atoms with Crippen molar-refractivity contribution in [3.05, 3.63) is 10.4 Å². The molecule has 0 saturated heterocycles. The van der Waals surface area contributed by atoms with Crippen LogP contribution in [0, 0.1) is 58.2 Å². The van der Waals surface area contributed by atoms with Gasteiger partial charge in [0.05, 0.1) is 6.10 Å². The highest BCUT2D eigenvalue weighted by atomic mass is 16.5. The minimum atomic E-state index is 0.321. The maximum Gasteiger partial charge on any atom is 0.0611 e. The highest BCUT2D eigenvalue weighted by Crippen LogP contribution is 2.70. The smallest absolute Gasteiger partial charge is 0.0611 e. The van der Waals surface area contributed by atoms with E-state index in [0.29, 0.717) is 41.9 Å². The van der Waals surface area contributed by atoms with Crippen molar-refractivity contribution in [1.82, 2.24) is 0 Å². The largest absolute Gasteiger partial charge is 0.396 e. The summed E-state index contributed by atoms with van der Waals surface area (Å²) in [6.45, 7) is 14.4. The fourth-order valence-corrected chi connectivity index (χ4v) is 9.92. The Kier molecular flexibility index (Phi) is 8.27. The first kappa shape index (κ1) is 26.3. The SMILES string of the molecule is CC1CCC2(C)C(C1)CC(OCCCN=[N+]=[N-])C1C2CC(C)C2(C)C(C(C)CCCO)CCC12. The molecule has 4 aliphatic rings. The Hall–Kier alpha value is -0.770. The Labute approximate surface area is 208 Å². The minimum Gasteiger partial charge on any atom is -0.396 e. The van der Waals surface area contributed by atoms with Crippen molar-refractivity contribution in [2.75, 3.05) is 19.8 Å². The van der Waals surface area contributed by atoms with E-state index in [9.17, 15) is 5.11 Å². The second kappa shape index (κ2) is 10.7. The molecule has 0 heterocycles. The van der Waals surface area contributed by atoms with E-state index in [4.69, 9.17) is 10.3 Å². The number of aliphatic hydroxyl groups is 1. The lowest BCUT2D eigenvalue weighted by atomic mass is 9.41. The number of nitrogens with zero attached hydrogens (tertiary/aromatic N) is 3. The van der Waals surface area contributed by atoms with Gasteiger partial charge < -0.3 is 9.84 Å². The van der Waals surface area contributed by atoms with Gasteiger partial charge in [0.15, 0.2) is 0 Å². The van der Waals surface area contributed by atoms with E-state index < -0.39 is 0 Å². The van der Waals surface area contributed by atoms with Gasteiger partial charge in [0.1, 0.15) is 0 Å². The molecule has 4 saturated carbocycles. The molecule has 0 aromatic heterocycles. The summed E-state index contributed by atoms with van der Waals surface area (Å²) in [5.41, 5.74) is 9.49. The number of aliphatic hydroxyl groups excluding tert-OH is 1. The zero-order valence-corrected chi connectivity index (χ0v) is 22.6. The van der Waals surface area contributed by atoms with Crippen LogP contribution in [0.2, 0.25) is 0 Å². The summed E-state index contributed by atoms with van der Waals surface area (Å²) in [7, 11) is 0. The summed E-state index contributed by atoms with van der Waals surface area (Å²) in [4.78, 5) is 2.92. The van der Waals surface area contributed by atoms with Crippen LogP contribution < -0.4 is 0 Å². The first-order valence-corrected chi connectivity index (χ1v) is 14.5. The fourth-order valence-electron chi connectivity index (χ4n) is 9.92. The number of azide groups is 1. The van der Waals surface area contributed by atoms with Gasteiger partial charge in [-0.25, -0.2) is 0 Å². The Bertz CT molecular complexity index is 739. The van der Waals surface area contributed by atoms with Crippen LogP contribution in [-0.4, -0.2) is 31.0 Å². The predicted octanol–water partition coefficient (Wildman–Crippen LogP) is 7.63. The lowest BCUT2D eigenvalue weighted by Gasteiger charge is -2.65. The normalized spacial score (nSPS) is 46.6. The van der Waals surface area contributed by atoms with Crippen molar-refractivity contribution in [2.45, 2.75) is 105 Å². The molecule has 1 N–H and O–H groups in total. The third-order valence-electron chi connectivity index (χ3n) is 11.9. The van der Waals surface area contributed by atoms with Crippen LogP contribution in [0.5, 0.6) is 0 Å². The second-order valence-electron chi connectivity index (χ2n) is 13.4. The summed E-state index contributed by atoms with van der Waals surface area (Å²) in [6.07, 6.45) is 12.7. The van der Waals surface area contributed by atoms with Gasteiger partial charge in [0.2, 0.25) is 0 Å². The molecule has 4 aliphatic carbocycles. The van der Waals surface area contributed by atoms with Crippen molar-refractivity contribution in [3.8, 4) is 0 Å². The van der Waals surface area contributed by atoms with Crippen LogP contribution in [0.4, 0.5) is 0 Å². The maximum absolute atomic E-state index is 9.45. The van der Waals surface area contributed by atoms with Crippen LogP contribution in [-0.2, 0) is 4.74 Å². The quantitative estimate of drug-likeness (QED) is 0.162. The third kappa shape index (κ3) is 4.55. The molecule has 34 heavy (non-hydrogen) atoms. The highest BCUT2D eigenvalue weighted by molar-refractivity contribution is 5.13. The summed E-state index contributed by atoms with van der Waals surface area (Å²) in [5.74, 6) is 6.04. The van der Waals surface area contributed by atoms with Gasteiger partial charge in [-0.2, -0.15) is 0 Å². The molecule has 0 aliphatic heterocycles. The fraction of sp³-hybridized carbons (Fsp3) is 1.00.